The number of primary amides is 1. The van der Waals surface area contributed by atoms with E-state index in [-0.39, 0.29) is 11.9 Å². The number of thiophene rings is 1. The summed E-state index contributed by atoms with van der Waals surface area (Å²) in [4.78, 5) is 12.3. The molecule has 25 heavy (non-hydrogen) atoms. The van der Waals surface area contributed by atoms with E-state index in [4.69, 9.17) is 11.5 Å². The first-order valence-electron chi connectivity index (χ1n) is 8.01. The van der Waals surface area contributed by atoms with Crippen LogP contribution in [0.25, 0.3) is 0 Å². The zero-order chi connectivity index (χ0) is 18.0. The average molecular weight is 360 g/mol. The molecule has 0 aliphatic carbocycles. The molecule has 1 aliphatic rings. The van der Waals surface area contributed by atoms with Gasteiger partial charge in [-0.25, -0.2) is 9.40 Å². The van der Waals surface area contributed by atoms with E-state index in [2.05, 4.69) is 5.43 Å². The van der Waals surface area contributed by atoms with Crippen molar-refractivity contribution in [1.82, 2.24) is 10.4 Å². The maximum Gasteiger partial charge on any atom is 0.259 e. The molecule has 1 aliphatic heterocycles. The van der Waals surface area contributed by atoms with Crippen molar-refractivity contribution in [2.75, 3.05) is 6.54 Å². The van der Waals surface area contributed by atoms with Crippen molar-refractivity contribution in [2.45, 2.75) is 24.9 Å². The van der Waals surface area contributed by atoms with Crippen molar-refractivity contribution in [2.24, 2.45) is 11.5 Å². The van der Waals surface area contributed by atoms with Gasteiger partial charge < -0.3 is 16.9 Å². The number of hydrazine groups is 1. The molecule has 2 heterocycles. The van der Waals surface area contributed by atoms with E-state index in [0.717, 1.165) is 11.1 Å². The van der Waals surface area contributed by atoms with E-state index in [0.29, 0.717) is 17.8 Å². The van der Waals surface area contributed by atoms with Gasteiger partial charge in [-0.1, -0.05) is 12.1 Å². The quantitative estimate of drug-likeness (QED) is 0.737. The molecule has 1 aromatic heterocycles. The summed E-state index contributed by atoms with van der Waals surface area (Å²) in [6.07, 6.45) is 4.39. The monoisotopic (exact) mass is 360 g/mol. The second-order valence-electron chi connectivity index (χ2n) is 6.23. The average Bonchev–Trinajstić information content (AvgIpc) is 3.20. The molecule has 0 fully saturated rings. The number of nitrogens with one attached hydrogen (secondary N) is 1. The molecular weight excluding hydrogens is 339 g/mol. The summed E-state index contributed by atoms with van der Waals surface area (Å²) in [6, 6.07) is 8.32. The van der Waals surface area contributed by atoms with Crippen LogP contribution in [-0.4, -0.2) is 23.5 Å². The predicted octanol–water partition coefficient (Wildman–Crippen LogP) is 2.11. The Labute approximate surface area is 150 Å². The lowest BCUT2D eigenvalue weighted by atomic mass is 9.90. The molecule has 3 rings (SSSR count). The molecule has 0 spiro atoms. The molecule has 0 bridgehead atoms. The van der Waals surface area contributed by atoms with E-state index in [9.17, 15) is 9.18 Å². The van der Waals surface area contributed by atoms with Crippen molar-refractivity contribution < 1.29 is 9.18 Å². The smallest absolute Gasteiger partial charge is 0.259 e. The summed E-state index contributed by atoms with van der Waals surface area (Å²) in [5.74, 6) is -0.710. The third kappa shape index (κ3) is 3.30. The van der Waals surface area contributed by atoms with Crippen LogP contribution in [0, 0.1) is 5.82 Å². The van der Waals surface area contributed by atoms with Crippen LogP contribution in [0.4, 0.5) is 4.39 Å². The lowest BCUT2D eigenvalue weighted by Crippen LogP contribution is -2.54. The molecular formula is C18H21FN4OS. The maximum atomic E-state index is 13.5. The molecule has 2 atom stereocenters. The predicted molar refractivity (Wildman–Crippen MR) is 97.3 cm³/mol. The Bertz CT molecular complexity index is 806. The molecule has 7 heteroatoms. The summed E-state index contributed by atoms with van der Waals surface area (Å²) in [6.45, 7) is 2.38. The first-order chi connectivity index (χ1) is 12.0. The Hall–Kier alpha value is -2.22. The van der Waals surface area contributed by atoms with Gasteiger partial charge in [0.1, 0.15) is 5.82 Å². The number of hydrogen-bond acceptors (Lipinski definition) is 5. The Balaban J connectivity index is 1.91. The number of carbonyl (C=O) groups excluding carboxylic acids is 1. The van der Waals surface area contributed by atoms with Gasteiger partial charge in [-0.3, -0.25) is 4.79 Å². The largest absolute Gasteiger partial charge is 0.365 e. The molecule has 2 aromatic rings. The summed E-state index contributed by atoms with van der Waals surface area (Å²) in [7, 11) is 0. The summed E-state index contributed by atoms with van der Waals surface area (Å²) >= 11 is 1.33. The molecule has 0 saturated carbocycles. The normalized spacial score (nSPS) is 21.2. The van der Waals surface area contributed by atoms with Gasteiger partial charge in [-0.05, 0) is 48.6 Å². The van der Waals surface area contributed by atoms with Crippen LogP contribution in [0.2, 0.25) is 0 Å². The standard InChI is InChI=1S/C18H21FN4OS/c1-18(15-5-8-25-16(15)17(21)24)6-7-22-23(18)14(11-20)10-12-3-2-4-13(19)9-12/h2-9,14,22H,10-11,20H2,1H3,(H2,21,24)/t14-,18?/m0/s1. The molecule has 0 radical (unpaired) electrons. The maximum absolute atomic E-state index is 13.5. The van der Waals surface area contributed by atoms with Crippen molar-refractivity contribution in [1.29, 1.82) is 0 Å². The zero-order valence-electron chi connectivity index (χ0n) is 13.9. The number of carbonyl (C=O) groups is 1. The van der Waals surface area contributed by atoms with Gasteiger partial charge >= 0.3 is 0 Å². The number of rotatable bonds is 6. The minimum atomic E-state index is -0.568. The number of nitrogens with zero attached hydrogens (tertiary/aromatic N) is 1. The minimum Gasteiger partial charge on any atom is -0.365 e. The summed E-state index contributed by atoms with van der Waals surface area (Å²) in [5.41, 5.74) is 15.9. The highest BCUT2D eigenvalue weighted by molar-refractivity contribution is 7.12. The molecule has 5 N–H and O–H groups in total. The SMILES string of the molecule is CC1(c2ccsc2C(N)=O)C=CNN1[C@H](CN)Cc1cccc(F)c1. The third-order valence-corrected chi connectivity index (χ3v) is 5.48. The highest BCUT2D eigenvalue weighted by Crippen LogP contribution is 2.37. The van der Waals surface area contributed by atoms with E-state index in [1.807, 2.05) is 41.7 Å². The van der Waals surface area contributed by atoms with Crippen LogP contribution in [0.3, 0.4) is 0 Å². The van der Waals surface area contributed by atoms with Crippen LogP contribution < -0.4 is 16.9 Å². The van der Waals surface area contributed by atoms with Gasteiger partial charge in [0, 0.05) is 24.4 Å². The van der Waals surface area contributed by atoms with E-state index < -0.39 is 11.4 Å². The number of amides is 1. The third-order valence-electron chi connectivity index (χ3n) is 4.55. The molecule has 132 valence electrons. The van der Waals surface area contributed by atoms with E-state index in [1.54, 1.807) is 6.07 Å². The van der Waals surface area contributed by atoms with Crippen LogP contribution in [0.5, 0.6) is 0 Å². The van der Waals surface area contributed by atoms with Gasteiger partial charge in [0.15, 0.2) is 0 Å². The van der Waals surface area contributed by atoms with Gasteiger partial charge in [0.2, 0.25) is 0 Å². The lowest BCUT2D eigenvalue weighted by molar-refractivity contribution is 0.0687. The molecule has 1 unspecified atom stereocenters. The van der Waals surface area contributed by atoms with Crippen molar-refractivity contribution in [3.63, 3.8) is 0 Å². The topological polar surface area (TPSA) is 84.4 Å². The summed E-state index contributed by atoms with van der Waals surface area (Å²) < 4.78 is 13.5. The van der Waals surface area contributed by atoms with Gasteiger partial charge in [0.25, 0.3) is 5.91 Å². The van der Waals surface area contributed by atoms with Gasteiger partial charge in [0.05, 0.1) is 10.4 Å². The van der Waals surface area contributed by atoms with E-state index >= 15 is 0 Å². The van der Waals surface area contributed by atoms with Crippen LogP contribution in [0.1, 0.15) is 27.7 Å². The van der Waals surface area contributed by atoms with Crippen LogP contribution in [0.15, 0.2) is 48.0 Å². The van der Waals surface area contributed by atoms with Crippen LogP contribution in [-0.2, 0) is 12.0 Å². The fourth-order valence-electron chi connectivity index (χ4n) is 3.31. The van der Waals surface area contributed by atoms with E-state index in [1.165, 1.54) is 23.5 Å². The number of nitrogens with two attached hydrogens (primary N) is 2. The number of halogens is 1. The molecule has 1 aromatic carbocycles. The lowest BCUT2D eigenvalue weighted by Gasteiger charge is -2.40. The van der Waals surface area contributed by atoms with Crippen molar-refractivity contribution in [3.05, 3.63) is 69.8 Å². The number of hydrogen-bond donors (Lipinski definition) is 3. The fraction of sp³-hybridized carbons (Fsp3) is 0.278. The molecule has 5 nitrogen and oxygen atoms in total. The Morgan fingerprint density at radius 1 is 1.44 bits per heavy atom. The second kappa shape index (κ2) is 6.95. The van der Waals surface area contributed by atoms with Gasteiger partial charge in [-0.15, -0.1) is 11.3 Å². The highest BCUT2D eigenvalue weighted by Gasteiger charge is 2.41. The molecule has 1 amide bonds. The second-order valence-corrected chi connectivity index (χ2v) is 7.15. The van der Waals surface area contributed by atoms with Crippen molar-refractivity contribution in [3.8, 4) is 0 Å². The first kappa shape index (κ1) is 17.6. The zero-order valence-corrected chi connectivity index (χ0v) is 14.7. The Morgan fingerprint density at radius 3 is 2.92 bits per heavy atom. The minimum absolute atomic E-state index is 0.0950. The first-order valence-corrected chi connectivity index (χ1v) is 8.89. The van der Waals surface area contributed by atoms with Gasteiger partial charge in [-0.2, -0.15) is 0 Å². The van der Waals surface area contributed by atoms with Crippen molar-refractivity contribution >= 4 is 17.2 Å². The van der Waals surface area contributed by atoms with Crippen LogP contribution >= 0.6 is 11.3 Å². The Morgan fingerprint density at radius 2 is 2.24 bits per heavy atom. The number of benzene rings is 1. The molecule has 0 saturated heterocycles. The summed E-state index contributed by atoms with van der Waals surface area (Å²) in [5, 5.41) is 3.86. The highest BCUT2D eigenvalue weighted by atomic mass is 32.1. The Kier molecular flexibility index (Phi) is 4.89. The fourth-order valence-corrected chi connectivity index (χ4v) is 4.17.